The number of nitrogens with zero attached hydrogens (tertiary/aromatic N) is 2. The highest BCUT2D eigenvalue weighted by molar-refractivity contribution is 5.33. The summed E-state index contributed by atoms with van der Waals surface area (Å²) < 4.78 is 2.41. The van der Waals surface area contributed by atoms with Crippen LogP contribution in [0.3, 0.4) is 0 Å². The van der Waals surface area contributed by atoms with Gasteiger partial charge in [-0.2, -0.15) is 0 Å². The molecule has 35 heavy (non-hydrogen) atoms. The third-order valence-electron chi connectivity index (χ3n) is 7.78. The molecule has 0 fully saturated rings. The molecule has 0 aliphatic heterocycles. The van der Waals surface area contributed by atoms with Crippen molar-refractivity contribution in [2.24, 2.45) is 0 Å². The minimum atomic E-state index is -0.0270. The van der Waals surface area contributed by atoms with Gasteiger partial charge in [-0.3, -0.25) is 0 Å². The van der Waals surface area contributed by atoms with Gasteiger partial charge in [0.15, 0.2) is 0 Å². The van der Waals surface area contributed by atoms with Crippen LogP contribution >= 0.6 is 0 Å². The SMILES string of the molecule is CCCCCCCCCCCC(c1nccn1C(C)C)C(C)(Cc1ccccc1)c1ccccc1. The summed E-state index contributed by atoms with van der Waals surface area (Å²) in [6, 6.07) is 22.6. The summed E-state index contributed by atoms with van der Waals surface area (Å²) in [5.74, 6) is 1.62. The summed E-state index contributed by atoms with van der Waals surface area (Å²) in [7, 11) is 0. The van der Waals surface area contributed by atoms with Crippen molar-refractivity contribution in [3.63, 3.8) is 0 Å². The average molecular weight is 473 g/mol. The molecule has 0 bridgehead atoms. The molecule has 1 heterocycles. The Kier molecular flexibility index (Phi) is 11.1. The topological polar surface area (TPSA) is 17.8 Å². The molecule has 0 amide bonds. The molecule has 0 N–H and O–H groups in total. The molecule has 2 aromatic carbocycles. The van der Waals surface area contributed by atoms with Gasteiger partial charge in [-0.05, 0) is 37.8 Å². The van der Waals surface area contributed by atoms with Crippen LogP contribution < -0.4 is 0 Å². The molecule has 1 aromatic heterocycles. The highest BCUT2D eigenvalue weighted by Crippen LogP contribution is 2.44. The van der Waals surface area contributed by atoms with E-state index in [-0.39, 0.29) is 5.41 Å². The lowest BCUT2D eigenvalue weighted by Gasteiger charge is -2.39. The van der Waals surface area contributed by atoms with Crippen molar-refractivity contribution in [2.75, 3.05) is 0 Å². The van der Waals surface area contributed by atoms with E-state index in [1.54, 1.807) is 0 Å². The molecule has 0 saturated heterocycles. The van der Waals surface area contributed by atoms with E-state index in [4.69, 9.17) is 4.98 Å². The van der Waals surface area contributed by atoms with E-state index in [0.29, 0.717) is 12.0 Å². The van der Waals surface area contributed by atoms with Crippen molar-refractivity contribution < 1.29 is 0 Å². The second-order valence-electron chi connectivity index (χ2n) is 10.9. The predicted octanol–water partition coefficient (Wildman–Crippen LogP) is 9.67. The lowest BCUT2D eigenvalue weighted by molar-refractivity contribution is 0.318. The molecule has 0 saturated carbocycles. The van der Waals surface area contributed by atoms with Gasteiger partial charge in [0.1, 0.15) is 5.82 Å². The second-order valence-corrected chi connectivity index (χ2v) is 10.9. The van der Waals surface area contributed by atoms with Crippen molar-refractivity contribution in [3.8, 4) is 0 Å². The second kappa shape index (κ2) is 14.3. The number of imidazole rings is 1. The maximum absolute atomic E-state index is 4.99. The lowest BCUT2D eigenvalue weighted by Crippen LogP contribution is -2.35. The zero-order valence-corrected chi connectivity index (χ0v) is 22.8. The van der Waals surface area contributed by atoms with Gasteiger partial charge in [-0.15, -0.1) is 0 Å². The summed E-state index contributed by atoms with van der Waals surface area (Å²) in [5.41, 5.74) is 2.79. The highest BCUT2D eigenvalue weighted by atomic mass is 15.1. The van der Waals surface area contributed by atoms with Crippen molar-refractivity contribution >= 4 is 0 Å². The number of benzene rings is 2. The normalized spacial score (nSPS) is 14.2. The molecule has 0 aliphatic carbocycles. The molecule has 0 aliphatic rings. The van der Waals surface area contributed by atoms with Crippen LogP contribution in [-0.4, -0.2) is 9.55 Å². The molecule has 2 nitrogen and oxygen atoms in total. The van der Waals surface area contributed by atoms with Gasteiger partial charge in [0, 0.05) is 29.8 Å². The standard InChI is InChI=1S/C33H48N2/c1-5-6-7-8-9-10-11-12-19-24-31(32-34-25-26-35(32)28(2)3)33(4,30-22-17-14-18-23-30)27-29-20-15-13-16-21-29/h13-18,20-23,25-26,28,31H,5-12,19,24,27H2,1-4H3. The Hall–Kier alpha value is -2.35. The Balaban J connectivity index is 1.81. The van der Waals surface area contributed by atoms with Crippen molar-refractivity contribution in [1.82, 2.24) is 9.55 Å². The van der Waals surface area contributed by atoms with Gasteiger partial charge >= 0.3 is 0 Å². The minimum Gasteiger partial charge on any atom is -0.332 e. The number of hydrogen-bond acceptors (Lipinski definition) is 1. The molecule has 190 valence electrons. The first-order chi connectivity index (χ1) is 17.1. The summed E-state index contributed by atoms with van der Waals surface area (Å²) in [4.78, 5) is 4.99. The molecule has 0 spiro atoms. The maximum atomic E-state index is 4.99. The molecule has 3 aromatic rings. The Morgan fingerprint density at radius 2 is 1.34 bits per heavy atom. The third kappa shape index (κ3) is 7.82. The van der Waals surface area contributed by atoms with Gasteiger partial charge in [-0.25, -0.2) is 4.98 Å². The number of unbranched alkanes of at least 4 members (excludes halogenated alkanes) is 8. The van der Waals surface area contributed by atoms with Crippen molar-refractivity contribution in [3.05, 3.63) is 90.0 Å². The highest BCUT2D eigenvalue weighted by Gasteiger charge is 2.39. The maximum Gasteiger partial charge on any atom is 0.112 e. The van der Waals surface area contributed by atoms with Crippen molar-refractivity contribution in [1.29, 1.82) is 0 Å². The summed E-state index contributed by atoms with van der Waals surface area (Å²) in [5, 5.41) is 0. The van der Waals surface area contributed by atoms with Gasteiger partial charge in [0.05, 0.1) is 0 Å². The van der Waals surface area contributed by atoms with E-state index in [1.807, 2.05) is 6.20 Å². The molecular weight excluding hydrogens is 424 g/mol. The number of aromatic nitrogens is 2. The zero-order chi connectivity index (χ0) is 24.9. The van der Waals surface area contributed by atoms with Crippen LogP contribution in [0.2, 0.25) is 0 Å². The fourth-order valence-electron chi connectivity index (χ4n) is 5.69. The fourth-order valence-corrected chi connectivity index (χ4v) is 5.69. The van der Waals surface area contributed by atoms with Crippen LogP contribution in [0.25, 0.3) is 0 Å². The largest absolute Gasteiger partial charge is 0.332 e. The summed E-state index contributed by atoms with van der Waals surface area (Å²) in [6.45, 7) is 9.32. The number of rotatable bonds is 16. The van der Waals surface area contributed by atoms with Crippen LogP contribution in [0.4, 0.5) is 0 Å². The van der Waals surface area contributed by atoms with E-state index in [0.717, 1.165) is 6.42 Å². The van der Waals surface area contributed by atoms with Gasteiger partial charge in [-0.1, -0.05) is 132 Å². The molecule has 2 heteroatoms. The molecule has 0 radical (unpaired) electrons. The van der Waals surface area contributed by atoms with Crippen LogP contribution in [-0.2, 0) is 11.8 Å². The Labute approximate surface area is 215 Å². The monoisotopic (exact) mass is 472 g/mol. The molecule has 2 unspecified atom stereocenters. The van der Waals surface area contributed by atoms with E-state index >= 15 is 0 Å². The van der Waals surface area contributed by atoms with Crippen LogP contribution in [0.5, 0.6) is 0 Å². The molecular formula is C33H48N2. The van der Waals surface area contributed by atoms with Crippen molar-refractivity contribution in [2.45, 2.75) is 116 Å². The first kappa shape index (κ1) is 27.2. The average Bonchev–Trinajstić information content (AvgIpc) is 3.36. The van der Waals surface area contributed by atoms with Gasteiger partial charge in [0.2, 0.25) is 0 Å². The Bertz CT molecular complexity index is 943. The van der Waals surface area contributed by atoms with Crippen LogP contribution in [0.15, 0.2) is 73.1 Å². The van der Waals surface area contributed by atoms with Gasteiger partial charge in [0.25, 0.3) is 0 Å². The Morgan fingerprint density at radius 1 is 0.771 bits per heavy atom. The van der Waals surface area contributed by atoms with E-state index < -0.39 is 0 Å². The summed E-state index contributed by atoms with van der Waals surface area (Å²) >= 11 is 0. The smallest absolute Gasteiger partial charge is 0.112 e. The third-order valence-corrected chi connectivity index (χ3v) is 7.78. The molecule has 3 rings (SSSR count). The first-order valence-corrected chi connectivity index (χ1v) is 14.2. The number of hydrogen-bond donors (Lipinski definition) is 0. The molecule has 2 atom stereocenters. The quantitative estimate of drug-likeness (QED) is 0.190. The first-order valence-electron chi connectivity index (χ1n) is 14.2. The lowest BCUT2D eigenvalue weighted by atomic mass is 9.66. The van der Waals surface area contributed by atoms with Gasteiger partial charge < -0.3 is 4.57 Å². The van der Waals surface area contributed by atoms with Crippen LogP contribution in [0, 0.1) is 0 Å². The van der Waals surface area contributed by atoms with Crippen LogP contribution in [0.1, 0.15) is 121 Å². The van der Waals surface area contributed by atoms with E-state index in [9.17, 15) is 0 Å². The van der Waals surface area contributed by atoms with E-state index in [1.165, 1.54) is 81.2 Å². The predicted molar refractivity (Wildman–Crippen MR) is 151 cm³/mol. The summed E-state index contributed by atoms with van der Waals surface area (Å²) in [6.07, 6.45) is 18.7. The Morgan fingerprint density at radius 3 is 1.94 bits per heavy atom. The fraction of sp³-hybridized carbons (Fsp3) is 0.545. The minimum absolute atomic E-state index is 0.0270. The van der Waals surface area contributed by atoms with E-state index in [2.05, 4.69) is 99.1 Å². The zero-order valence-electron chi connectivity index (χ0n) is 22.8.